The third-order valence-corrected chi connectivity index (χ3v) is 3.47. The third kappa shape index (κ3) is 5.70. The predicted octanol–water partition coefficient (Wildman–Crippen LogP) is 2.49. The number of aromatic nitrogens is 2. The smallest absolute Gasteiger partial charge is 0.225 e. The lowest BCUT2D eigenvalue weighted by atomic mass is 10.1. The molecule has 0 saturated carbocycles. The van der Waals surface area contributed by atoms with Crippen LogP contribution >= 0.6 is 0 Å². The molecule has 1 heterocycles. The van der Waals surface area contributed by atoms with Crippen molar-refractivity contribution in [3.8, 4) is 0 Å². The maximum absolute atomic E-state index is 11.9. The second kappa shape index (κ2) is 8.27. The molecule has 0 unspecified atom stereocenters. The Morgan fingerprint density at radius 2 is 1.91 bits per heavy atom. The van der Waals surface area contributed by atoms with E-state index in [0.717, 1.165) is 24.2 Å². The molecule has 0 atom stereocenters. The van der Waals surface area contributed by atoms with Gasteiger partial charge in [0.25, 0.3) is 0 Å². The van der Waals surface area contributed by atoms with Crippen molar-refractivity contribution in [2.24, 2.45) is 0 Å². The van der Waals surface area contributed by atoms with Crippen LogP contribution in [0.15, 0.2) is 36.4 Å². The van der Waals surface area contributed by atoms with Crippen molar-refractivity contribution in [3.05, 3.63) is 53.3 Å². The molecule has 0 aliphatic rings. The molecule has 0 aliphatic heterocycles. The fourth-order valence-electron chi connectivity index (χ4n) is 2.28. The Bertz CT molecular complexity index is 641. The van der Waals surface area contributed by atoms with Crippen LogP contribution in [0.3, 0.4) is 0 Å². The lowest BCUT2D eigenvalue weighted by Crippen LogP contribution is -2.24. The minimum Gasteiger partial charge on any atom is -0.350 e. The Kier molecular flexibility index (Phi) is 6.09. The van der Waals surface area contributed by atoms with Crippen LogP contribution in [-0.2, 0) is 17.8 Å². The number of rotatable bonds is 7. The fourth-order valence-corrected chi connectivity index (χ4v) is 2.28. The summed E-state index contributed by atoms with van der Waals surface area (Å²) in [5.41, 5.74) is 3.00. The van der Waals surface area contributed by atoms with Gasteiger partial charge in [0.05, 0.1) is 12.2 Å². The van der Waals surface area contributed by atoms with Crippen LogP contribution in [0.4, 0.5) is 5.95 Å². The van der Waals surface area contributed by atoms with Crippen molar-refractivity contribution >= 4 is 11.9 Å². The third-order valence-electron chi connectivity index (χ3n) is 3.47. The van der Waals surface area contributed by atoms with Gasteiger partial charge in [0.2, 0.25) is 11.9 Å². The van der Waals surface area contributed by atoms with E-state index < -0.39 is 0 Å². The molecule has 2 aromatic rings. The van der Waals surface area contributed by atoms with Gasteiger partial charge in [0.1, 0.15) is 0 Å². The summed E-state index contributed by atoms with van der Waals surface area (Å²) >= 11 is 0. The van der Waals surface area contributed by atoms with E-state index in [9.17, 15) is 4.79 Å². The van der Waals surface area contributed by atoms with Crippen molar-refractivity contribution < 1.29 is 4.79 Å². The van der Waals surface area contributed by atoms with Gasteiger partial charge in [0.15, 0.2) is 0 Å². The largest absolute Gasteiger partial charge is 0.350 e. The molecule has 0 saturated heterocycles. The zero-order valence-electron chi connectivity index (χ0n) is 14.0. The van der Waals surface area contributed by atoms with Gasteiger partial charge in [-0.2, -0.15) is 0 Å². The van der Waals surface area contributed by atoms with Gasteiger partial charge in [-0.15, -0.1) is 0 Å². The van der Waals surface area contributed by atoms with E-state index in [-0.39, 0.29) is 5.91 Å². The van der Waals surface area contributed by atoms with Gasteiger partial charge in [-0.25, -0.2) is 9.97 Å². The highest BCUT2D eigenvalue weighted by atomic mass is 16.1. The number of nitrogens with one attached hydrogen (secondary N) is 1. The molecule has 122 valence electrons. The van der Waals surface area contributed by atoms with Crippen LogP contribution in [-0.4, -0.2) is 30.0 Å². The van der Waals surface area contributed by atoms with Gasteiger partial charge >= 0.3 is 0 Å². The SMILES string of the molecule is Cc1cc(CNC(=O)CCCc2ccccc2)nc(N(C)C)n1. The van der Waals surface area contributed by atoms with Crippen molar-refractivity contribution in [2.45, 2.75) is 32.7 Å². The summed E-state index contributed by atoms with van der Waals surface area (Å²) in [6.07, 6.45) is 2.30. The van der Waals surface area contributed by atoms with Crippen LogP contribution in [0.1, 0.15) is 29.8 Å². The van der Waals surface area contributed by atoms with E-state index in [1.165, 1.54) is 5.56 Å². The average molecular weight is 312 g/mol. The highest BCUT2D eigenvalue weighted by Gasteiger charge is 2.06. The number of aryl methyl sites for hydroxylation is 2. The van der Waals surface area contributed by atoms with Crippen molar-refractivity contribution in [3.63, 3.8) is 0 Å². The zero-order chi connectivity index (χ0) is 16.7. The van der Waals surface area contributed by atoms with E-state index in [1.807, 2.05) is 50.2 Å². The number of benzene rings is 1. The first kappa shape index (κ1) is 16.9. The van der Waals surface area contributed by atoms with Gasteiger partial charge in [0, 0.05) is 26.2 Å². The topological polar surface area (TPSA) is 58.1 Å². The molecular weight excluding hydrogens is 288 g/mol. The number of hydrogen-bond donors (Lipinski definition) is 1. The summed E-state index contributed by atoms with van der Waals surface area (Å²) in [7, 11) is 3.81. The van der Waals surface area contributed by atoms with E-state index in [1.54, 1.807) is 0 Å². The van der Waals surface area contributed by atoms with Crippen LogP contribution in [0.2, 0.25) is 0 Å². The molecule has 0 bridgehead atoms. The first-order chi connectivity index (χ1) is 11.0. The number of carbonyl (C=O) groups excluding carboxylic acids is 1. The first-order valence-corrected chi connectivity index (χ1v) is 7.87. The maximum atomic E-state index is 11.9. The van der Waals surface area contributed by atoms with E-state index in [4.69, 9.17) is 0 Å². The van der Waals surface area contributed by atoms with Gasteiger partial charge in [-0.05, 0) is 31.4 Å². The minimum atomic E-state index is 0.0589. The lowest BCUT2D eigenvalue weighted by Gasteiger charge is -2.12. The molecule has 5 heteroatoms. The van der Waals surface area contributed by atoms with E-state index >= 15 is 0 Å². The molecule has 0 fully saturated rings. The normalized spacial score (nSPS) is 10.4. The Morgan fingerprint density at radius 1 is 1.17 bits per heavy atom. The molecule has 0 spiro atoms. The maximum Gasteiger partial charge on any atom is 0.225 e. The molecule has 1 N–H and O–H groups in total. The van der Waals surface area contributed by atoms with E-state index in [0.29, 0.717) is 18.9 Å². The number of carbonyl (C=O) groups is 1. The molecular formula is C18H24N4O. The summed E-state index contributed by atoms with van der Waals surface area (Å²) in [6.45, 7) is 2.37. The number of amides is 1. The summed E-state index contributed by atoms with van der Waals surface area (Å²) in [6, 6.07) is 12.1. The minimum absolute atomic E-state index is 0.0589. The van der Waals surface area contributed by atoms with E-state index in [2.05, 4.69) is 27.4 Å². The lowest BCUT2D eigenvalue weighted by molar-refractivity contribution is -0.121. The number of nitrogens with zero attached hydrogens (tertiary/aromatic N) is 3. The molecule has 23 heavy (non-hydrogen) atoms. The Balaban J connectivity index is 1.78. The second-order valence-corrected chi connectivity index (χ2v) is 5.81. The summed E-state index contributed by atoms with van der Waals surface area (Å²) in [5.74, 6) is 0.724. The molecule has 0 aliphatic carbocycles. The Hall–Kier alpha value is -2.43. The van der Waals surface area contributed by atoms with Gasteiger partial charge in [-0.3, -0.25) is 4.79 Å². The Morgan fingerprint density at radius 3 is 2.61 bits per heavy atom. The first-order valence-electron chi connectivity index (χ1n) is 7.87. The van der Waals surface area contributed by atoms with Crippen molar-refractivity contribution in [1.29, 1.82) is 0 Å². The number of hydrogen-bond acceptors (Lipinski definition) is 4. The molecule has 1 aromatic heterocycles. The number of anilines is 1. The quantitative estimate of drug-likeness (QED) is 0.853. The molecule has 5 nitrogen and oxygen atoms in total. The molecule has 1 amide bonds. The summed E-state index contributed by atoms with van der Waals surface area (Å²) < 4.78 is 0. The predicted molar refractivity (Wildman–Crippen MR) is 92.3 cm³/mol. The van der Waals surface area contributed by atoms with Crippen molar-refractivity contribution in [1.82, 2.24) is 15.3 Å². The summed E-state index contributed by atoms with van der Waals surface area (Å²) in [5, 5.41) is 2.93. The van der Waals surface area contributed by atoms with Gasteiger partial charge < -0.3 is 10.2 Å². The standard InChI is InChI=1S/C18H24N4O/c1-14-12-16(21-18(20-14)22(2)3)13-19-17(23)11-7-10-15-8-5-4-6-9-15/h4-6,8-9,12H,7,10-11,13H2,1-3H3,(H,19,23). The molecule has 0 radical (unpaired) electrons. The highest BCUT2D eigenvalue weighted by Crippen LogP contribution is 2.08. The fraction of sp³-hybridized carbons (Fsp3) is 0.389. The van der Waals surface area contributed by atoms with Crippen LogP contribution in [0.5, 0.6) is 0 Å². The Labute approximate surface area is 137 Å². The van der Waals surface area contributed by atoms with Crippen LogP contribution in [0, 0.1) is 6.92 Å². The highest BCUT2D eigenvalue weighted by molar-refractivity contribution is 5.75. The monoisotopic (exact) mass is 312 g/mol. The summed E-state index contributed by atoms with van der Waals surface area (Å²) in [4.78, 5) is 22.6. The van der Waals surface area contributed by atoms with Crippen LogP contribution < -0.4 is 10.2 Å². The average Bonchev–Trinajstić information content (AvgIpc) is 2.53. The van der Waals surface area contributed by atoms with Crippen molar-refractivity contribution in [2.75, 3.05) is 19.0 Å². The van der Waals surface area contributed by atoms with Crippen LogP contribution in [0.25, 0.3) is 0 Å². The molecule has 1 aromatic carbocycles. The van der Waals surface area contributed by atoms with Gasteiger partial charge in [-0.1, -0.05) is 30.3 Å². The molecule has 2 rings (SSSR count). The second-order valence-electron chi connectivity index (χ2n) is 5.81. The zero-order valence-corrected chi connectivity index (χ0v) is 14.0.